The minimum atomic E-state index is -0.106. The largest absolute Gasteiger partial charge is 0.393 e. The van der Waals surface area contributed by atoms with E-state index in [1.54, 1.807) is 0 Å². The lowest BCUT2D eigenvalue weighted by atomic mass is 9.80. The Morgan fingerprint density at radius 2 is 1.91 bits per heavy atom. The van der Waals surface area contributed by atoms with Gasteiger partial charge in [-0.3, -0.25) is 0 Å². The van der Waals surface area contributed by atoms with E-state index in [1.165, 1.54) is 0 Å². The molecule has 1 saturated carbocycles. The Labute approximate surface area is 67.6 Å². The van der Waals surface area contributed by atoms with Crippen molar-refractivity contribution in [3.05, 3.63) is 0 Å². The van der Waals surface area contributed by atoms with Crippen LogP contribution in [0.4, 0.5) is 0 Å². The molecule has 11 heavy (non-hydrogen) atoms. The van der Waals surface area contributed by atoms with Crippen molar-refractivity contribution in [2.45, 2.75) is 38.7 Å². The first-order chi connectivity index (χ1) is 5.24. The Hall–Kier alpha value is -0.370. The van der Waals surface area contributed by atoms with E-state index < -0.39 is 0 Å². The Bertz CT molecular complexity index is 126. The zero-order chi connectivity index (χ0) is 8.27. The van der Waals surface area contributed by atoms with Crippen molar-refractivity contribution >= 4 is 6.29 Å². The van der Waals surface area contributed by atoms with Crippen LogP contribution >= 0.6 is 0 Å². The third-order valence-corrected chi connectivity index (χ3v) is 2.70. The first-order valence-corrected chi connectivity index (χ1v) is 4.37. The fraction of sp³-hybridized carbons (Fsp3) is 0.889. The van der Waals surface area contributed by atoms with E-state index in [0.29, 0.717) is 5.92 Å². The highest BCUT2D eigenvalue weighted by molar-refractivity contribution is 5.53. The zero-order valence-corrected chi connectivity index (χ0v) is 6.99. The van der Waals surface area contributed by atoms with Crippen molar-refractivity contribution in [1.82, 2.24) is 0 Å². The summed E-state index contributed by atoms with van der Waals surface area (Å²) in [6.45, 7) is 1.97. The minimum absolute atomic E-state index is 0.106. The average Bonchev–Trinajstić information content (AvgIpc) is 2.05. The summed E-state index contributed by atoms with van der Waals surface area (Å²) < 4.78 is 0. The van der Waals surface area contributed by atoms with Crippen LogP contribution in [0.1, 0.15) is 32.6 Å². The molecule has 1 N–H and O–H groups in total. The number of aldehydes is 1. The molecule has 1 aliphatic carbocycles. The van der Waals surface area contributed by atoms with E-state index in [2.05, 4.69) is 0 Å². The first kappa shape index (κ1) is 8.72. The van der Waals surface area contributed by atoms with E-state index in [9.17, 15) is 9.90 Å². The standard InChI is InChI=1S/C9H16O2/c1-7(6-10)8-2-4-9(11)5-3-8/h6-9,11H,2-5H2,1H3. The third-order valence-electron chi connectivity index (χ3n) is 2.70. The minimum Gasteiger partial charge on any atom is -0.393 e. The highest BCUT2D eigenvalue weighted by Crippen LogP contribution is 2.28. The molecule has 0 amide bonds. The monoisotopic (exact) mass is 156 g/mol. The van der Waals surface area contributed by atoms with Crippen LogP contribution in [0, 0.1) is 11.8 Å². The van der Waals surface area contributed by atoms with Crippen LogP contribution in [-0.2, 0) is 4.79 Å². The predicted molar refractivity (Wildman–Crippen MR) is 43.2 cm³/mol. The molecule has 0 spiro atoms. The molecule has 0 aromatic heterocycles. The van der Waals surface area contributed by atoms with Gasteiger partial charge in [0.25, 0.3) is 0 Å². The molecule has 0 saturated heterocycles. The summed E-state index contributed by atoms with van der Waals surface area (Å²) in [4.78, 5) is 10.4. The predicted octanol–water partition coefficient (Wildman–Crippen LogP) is 1.37. The quantitative estimate of drug-likeness (QED) is 0.613. The van der Waals surface area contributed by atoms with Gasteiger partial charge >= 0.3 is 0 Å². The Balaban J connectivity index is 2.32. The summed E-state index contributed by atoms with van der Waals surface area (Å²) in [5, 5.41) is 9.19. The van der Waals surface area contributed by atoms with Crippen LogP contribution in [0.25, 0.3) is 0 Å². The molecule has 64 valence electrons. The van der Waals surface area contributed by atoms with E-state index in [0.717, 1.165) is 32.0 Å². The Kier molecular flexibility index (Phi) is 3.06. The van der Waals surface area contributed by atoms with Gasteiger partial charge in [0.15, 0.2) is 0 Å². The van der Waals surface area contributed by atoms with Crippen LogP contribution in [0.15, 0.2) is 0 Å². The lowest BCUT2D eigenvalue weighted by Gasteiger charge is -2.27. The van der Waals surface area contributed by atoms with Gasteiger partial charge in [0, 0.05) is 5.92 Å². The fourth-order valence-corrected chi connectivity index (χ4v) is 1.74. The molecule has 0 heterocycles. The Morgan fingerprint density at radius 3 is 2.36 bits per heavy atom. The molecule has 0 radical (unpaired) electrons. The molecule has 1 fully saturated rings. The van der Waals surface area contributed by atoms with E-state index in [1.807, 2.05) is 6.92 Å². The second kappa shape index (κ2) is 3.86. The maximum absolute atomic E-state index is 10.4. The molecule has 1 aliphatic rings. The molecular formula is C9H16O2. The summed E-state index contributed by atoms with van der Waals surface area (Å²) >= 11 is 0. The summed E-state index contributed by atoms with van der Waals surface area (Å²) in [6, 6.07) is 0. The van der Waals surface area contributed by atoms with Crippen molar-refractivity contribution in [3.63, 3.8) is 0 Å². The average molecular weight is 156 g/mol. The second-order valence-corrected chi connectivity index (χ2v) is 3.56. The van der Waals surface area contributed by atoms with Crippen molar-refractivity contribution < 1.29 is 9.90 Å². The molecule has 2 nitrogen and oxygen atoms in total. The van der Waals surface area contributed by atoms with Gasteiger partial charge in [0.2, 0.25) is 0 Å². The maximum Gasteiger partial charge on any atom is 0.123 e. The molecule has 0 bridgehead atoms. The number of carbonyl (C=O) groups excluding carboxylic acids is 1. The van der Waals surface area contributed by atoms with Gasteiger partial charge in [-0.05, 0) is 31.6 Å². The van der Waals surface area contributed by atoms with Gasteiger partial charge in [-0.1, -0.05) is 6.92 Å². The highest BCUT2D eigenvalue weighted by Gasteiger charge is 2.23. The smallest absolute Gasteiger partial charge is 0.123 e. The normalized spacial score (nSPS) is 34.7. The van der Waals surface area contributed by atoms with Crippen LogP contribution in [0.3, 0.4) is 0 Å². The van der Waals surface area contributed by atoms with Crippen LogP contribution < -0.4 is 0 Å². The molecule has 0 aromatic rings. The topological polar surface area (TPSA) is 37.3 Å². The fourth-order valence-electron chi connectivity index (χ4n) is 1.74. The van der Waals surface area contributed by atoms with E-state index in [-0.39, 0.29) is 12.0 Å². The molecule has 1 rings (SSSR count). The number of hydrogen-bond donors (Lipinski definition) is 1. The van der Waals surface area contributed by atoms with E-state index >= 15 is 0 Å². The summed E-state index contributed by atoms with van der Waals surface area (Å²) in [5.74, 6) is 0.707. The van der Waals surface area contributed by atoms with Gasteiger partial charge in [0.05, 0.1) is 6.10 Å². The second-order valence-electron chi connectivity index (χ2n) is 3.56. The van der Waals surface area contributed by atoms with Crippen LogP contribution in [0.2, 0.25) is 0 Å². The highest BCUT2D eigenvalue weighted by atomic mass is 16.3. The molecule has 0 aromatic carbocycles. The van der Waals surface area contributed by atoms with Gasteiger partial charge in [-0.2, -0.15) is 0 Å². The number of aliphatic hydroxyl groups excluding tert-OH is 1. The molecule has 0 aliphatic heterocycles. The third kappa shape index (κ3) is 2.29. The van der Waals surface area contributed by atoms with Crippen molar-refractivity contribution in [2.75, 3.05) is 0 Å². The summed E-state index contributed by atoms with van der Waals surface area (Å²) in [7, 11) is 0. The van der Waals surface area contributed by atoms with Gasteiger partial charge in [-0.15, -0.1) is 0 Å². The summed E-state index contributed by atoms with van der Waals surface area (Å²) in [6.07, 6.45) is 4.71. The molecule has 2 heteroatoms. The van der Waals surface area contributed by atoms with E-state index in [4.69, 9.17) is 0 Å². The zero-order valence-electron chi connectivity index (χ0n) is 6.99. The molecular weight excluding hydrogens is 140 g/mol. The lowest BCUT2D eigenvalue weighted by Crippen LogP contribution is -2.23. The molecule has 1 unspecified atom stereocenters. The number of hydrogen-bond acceptors (Lipinski definition) is 2. The first-order valence-electron chi connectivity index (χ1n) is 4.37. The maximum atomic E-state index is 10.4. The SMILES string of the molecule is CC(C=O)C1CCC(O)CC1. The Morgan fingerprint density at radius 1 is 1.36 bits per heavy atom. The lowest BCUT2D eigenvalue weighted by molar-refractivity contribution is -0.112. The van der Waals surface area contributed by atoms with Crippen molar-refractivity contribution in [3.8, 4) is 0 Å². The number of rotatable bonds is 2. The molecule has 1 atom stereocenters. The summed E-state index contributed by atoms with van der Waals surface area (Å²) in [5.41, 5.74) is 0. The number of carbonyl (C=O) groups is 1. The van der Waals surface area contributed by atoms with Crippen molar-refractivity contribution in [2.24, 2.45) is 11.8 Å². The van der Waals surface area contributed by atoms with Gasteiger partial charge in [-0.25, -0.2) is 0 Å². The van der Waals surface area contributed by atoms with Crippen LogP contribution in [-0.4, -0.2) is 17.5 Å². The van der Waals surface area contributed by atoms with Crippen LogP contribution in [0.5, 0.6) is 0 Å². The van der Waals surface area contributed by atoms with Crippen molar-refractivity contribution in [1.29, 1.82) is 0 Å². The number of aliphatic hydroxyl groups is 1. The van der Waals surface area contributed by atoms with Gasteiger partial charge in [0.1, 0.15) is 6.29 Å². The van der Waals surface area contributed by atoms with Gasteiger partial charge < -0.3 is 9.90 Å².